The Balaban J connectivity index is 2.63. The van der Waals surface area contributed by atoms with Crippen LogP contribution in [0.3, 0.4) is 0 Å². The summed E-state index contributed by atoms with van der Waals surface area (Å²) in [7, 11) is 0. The van der Waals surface area contributed by atoms with E-state index in [2.05, 4.69) is 50.4 Å². The maximum absolute atomic E-state index is 4.17. The number of benzene rings is 1. The molecule has 1 aromatic carbocycles. The monoisotopic (exact) mass is 178 g/mol. The molecule has 0 saturated heterocycles. The SMILES string of the molecule is C=C(S)CCc1ccccc1C. The first kappa shape index (κ1) is 9.40. The molecule has 64 valence electrons. The van der Waals surface area contributed by atoms with Crippen molar-refractivity contribution in [1.29, 1.82) is 0 Å². The van der Waals surface area contributed by atoms with Gasteiger partial charge in [0, 0.05) is 0 Å². The van der Waals surface area contributed by atoms with Crippen LogP contribution in [-0.2, 0) is 6.42 Å². The second kappa shape index (κ2) is 4.36. The average Bonchev–Trinajstić information content (AvgIpc) is 2.03. The molecule has 0 heterocycles. The molecule has 1 heteroatoms. The fourth-order valence-corrected chi connectivity index (χ4v) is 1.28. The Hall–Kier alpha value is -0.690. The predicted molar refractivity (Wildman–Crippen MR) is 57.6 cm³/mol. The van der Waals surface area contributed by atoms with E-state index in [0.29, 0.717) is 0 Å². The summed E-state index contributed by atoms with van der Waals surface area (Å²) in [5.41, 5.74) is 2.75. The first-order valence-electron chi connectivity index (χ1n) is 4.11. The zero-order chi connectivity index (χ0) is 8.97. The molecule has 0 radical (unpaired) electrons. The minimum Gasteiger partial charge on any atom is -0.148 e. The van der Waals surface area contributed by atoms with Crippen LogP contribution in [0.15, 0.2) is 35.7 Å². The molecular formula is C11H14S. The third kappa shape index (κ3) is 2.74. The summed E-state index contributed by atoms with van der Waals surface area (Å²) < 4.78 is 0. The summed E-state index contributed by atoms with van der Waals surface area (Å²) in [6.07, 6.45) is 2.02. The van der Waals surface area contributed by atoms with Crippen LogP contribution >= 0.6 is 12.6 Å². The van der Waals surface area contributed by atoms with Crippen molar-refractivity contribution in [3.63, 3.8) is 0 Å². The minimum absolute atomic E-state index is 0.957. The van der Waals surface area contributed by atoms with Gasteiger partial charge in [0.25, 0.3) is 0 Å². The lowest BCUT2D eigenvalue weighted by Crippen LogP contribution is -1.88. The Kier molecular flexibility index (Phi) is 3.42. The molecule has 0 saturated carbocycles. The van der Waals surface area contributed by atoms with Crippen molar-refractivity contribution in [2.75, 3.05) is 0 Å². The van der Waals surface area contributed by atoms with E-state index in [1.807, 2.05) is 0 Å². The van der Waals surface area contributed by atoms with Crippen LogP contribution in [0.5, 0.6) is 0 Å². The van der Waals surface area contributed by atoms with Gasteiger partial charge in [0.05, 0.1) is 0 Å². The lowest BCUT2D eigenvalue weighted by molar-refractivity contribution is 0.980. The van der Waals surface area contributed by atoms with Crippen molar-refractivity contribution >= 4 is 12.6 Å². The van der Waals surface area contributed by atoms with Gasteiger partial charge in [0.2, 0.25) is 0 Å². The van der Waals surface area contributed by atoms with Gasteiger partial charge in [0.15, 0.2) is 0 Å². The minimum atomic E-state index is 0.957. The highest BCUT2D eigenvalue weighted by atomic mass is 32.1. The van der Waals surface area contributed by atoms with Crippen molar-refractivity contribution < 1.29 is 0 Å². The standard InChI is InChI=1S/C11H14S/c1-9-5-3-4-6-11(9)8-7-10(2)12/h3-6,12H,2,7-8H2,1H3. The Bertz CT molecular complexity index is 276. The van der Waals surface area contributed by atoms with E-state index in [1.54, 1.807) is 0 Å². The number of rotatable bonds is 3. The molecule has 0 spiro atoms. The molecule has 0 bridgehead atoms. The maximum atomic E-state index is 4.17. The smallest absolute Gasteiger partial charge is 0.0186 e. The first-order valence-corrected chi connectivity index (χ1v) is 4.56. The molecule has 0 aliphatic rings. The third-order valence-corrected chi connectivity index (χ3v) is 2.17. The molecule has 12 heavy (non-hydrogen) atoms. The lowest BCUT2D eigenvalue weighted by Gasteiger charge is -2.03. The summed E-state index contributed by atoms with van der Waals surface area (Å²) in [6, 6.07) is 8.43. The van der Waals surface area contributed by atoms with E-state index in [4.69, 9.17) is 0 Å². The van der Waals surface area contributed by atoms with Crippen LogP contribution in [0.1, 0.15) is 17.5 Å². The number of hydrogen-bond donors (Lipinski definition) is 1. The molecule has 1 aromatic rings. The molecule has 0 fully saturated rings. The highest BCUT2D eigenvalue weighted by Crippen LogP contribution is 2.13. The van der Waals surface area contributed by atoms with E-state index in [-0.39, 0.29) is 0 Å². The molecule has 0 amide bonds. The van der Waals surface area contributed by atoms with Gasteiger partial charge in [-0.1, -0.05) is 30.8 Å². The Labute approximate surface area is 79.7 Å². The summed E-state index contributed by atoms with van der Waals surface area (Å²) in [5, 5.41) is 0. The van der Waals surface area contributed by atoms with Crippen molar-refractivity contribution in [2.45, 2.75) is 19.8 Å². The Morgan fingerprint density at radius 1 is 1.42 bits per heavy atom. The van der Waals surface area contributed by atoms with Crippen molar-refractivity contribution in [1.82, 2.24) is 0 Å². The van der Waals surface area contributed by atoms with Crippen molar-refractivity contribution in [3.8, 4) is 0 Å². The van der Waals surface area contributed by atoms with Gasteiger partial charge in [-0.25, -0.2) is 0 Å². The van der Waals surface area contributed by atoms with Gasteiger partial charge in [-0.05, 0) is 35.8 Å². The van der Waals surface area contributed by atoms with E-state index in [9.17, 15) is 0 Å². The van der Waals surface area contributed by atoms with Gasteiger partial charge in [-0.2, -0.15) is 0 Å². The maximum Gasteiger partial charge on any atom is -0.0186 e. The number of allylic oxidation sites excluding steroid dienone is 1. The quantitative estimate of drug-likeness (QED) is 0.674. The summed E-state index contributed by atoms with van der Waals surface area (Å²) in [6.45, 7) is 5.90. The zero-order valence-corrected chi connectivity index (χ0v) is 8.27. The zero-order valence-electron chi connectivity index (χ0n) is 7.38. The Morgan fingerprint density at radius 2 is 2.08 bits per heavy atom. The van der Waals surface area contributed by atoms with Crippen molar-refractivity contribution in [3.05, 3.63) is 46.9 Å². The highest BCUT2D eigenvalue weighted by Gasteiger charge is 1.96. The van der Waals surface area contributed by atoms with Crippen LogP contribution in [0.2, 0.25) is 0 Å². The van der Waals surface area contributed by atoms with E-state index in [0.717, 1.165) is 17.7 Å². The van der Waals surface area contributed by atoms with Gasteiger partial charge in [-0.3, -0.25) is 0 Å². The van der Waals surface area contributed by atoms with E-state index >= 15 is 0 Å². The molecule has 1 rings (SSSR count). The van der Waals surface area contributed by atoms with Crippen molar-refractivity contribution in [2.24, 2.45) is 0 Å². The third-order valence-electron chi connectivity index (χ3n) is 1.94. The number of hydrogen-bond acceptors (Lipinski definition) is 1. The molecule has 0 unspecified atom stereocenters. The number of aryl methyl sites for hydroxylation is 2. The van der Waals surface area contributed by atoms with Gasteiger partial charge in [-0.15, -0.1) is 12.6 Å². The van der Waals surface area contributed by atoms with Gasteiger partial charge >= 0.3 is 0 Å². The van der Waals surface area contributed by atoms with Crippen LogP contribution in [0.4, 0.5) is 0 Å². The fraction of sp³-hybridized carbons (Fsp3) is 0.273. The molecule has 0 aliphatic heterocycles. The number of thiol groups is 1. The summed E-state index contributed by atoms with van der Waals surface area (Å²) >= 11 is 4.17. The molecule has 0 atom stereocenters. The molecule has 0 aliphatic carbocycles. The normalized spacial score (nSPS) is 9.83. The van der Waals surface area contributed by atoms with Gasteiger partial charge < -0.3 is 0 Å². The van der Waals surface area contributed by atoms with Gasteiger partial charge in [0.1, 0.15) is 0 Å². The molecule has 0 aromatic heterocycles. The predicted octanol–water partition coefficient (Wildman–Crippen LogP) is 3.37. The van der Waals surface area contributed by atoms with Crippen LogP contribution < -0.4 is 0 Å². The van der Waals surface area contributed by atoms with Crippen LogP contribution in [0, 0.1) is 6.92 Å². The molecular weight excluding hydrogens is 164 g/mol. The Morgan fingerprint density at radius 3 is 2.67 bits per heavy atom. The first-order chi connectivity index (χ1) is 5.70. The average molecular weight is 178 g/mol. The van der Waals surface area contributed by atoms with E-state index in [1.165, 1.54) is 11.1 Å². The highest BCUT2D eigenvalue weighted by molar-refractivity contribution is 7.84. The summed E-state index contributed by atoms with van der Waals surface area (Å²) in [5.74, 6) is 0. The van der Waals surface area contributed by atoms with Crippen LogP contribution in [0.25, 0.3) is 0 Å². The van der Waals surface area contributed by atoms with Crippen LogP contribution in [-0.4, -0.2) is 0 Å². The fourth-order valence-electron chi connectivity index (χ4n) is 1.17. The van der Waals surface area contributed by atoms with E-state index < -0.39 is 0 Å². The lowest BCUT2D eigenvalue weighted by atomic mass is 10.0. The molecule has 0 nitrogen and oxygen atoms in total. The summed E-state index contributed by atoms with van der Waals surface area (Å²) in [4.78, 5) is 0.957. The second-order valence-corrected chi connectivity index (χ2v) is 3.63. The largest absolute Gasteiger partial charge is 0.148 e. The topological polar surface area (TPSA) is 0 Å². The molecule has 0 N–H and O–H groups in total. The second-order valence-electron chi connectivity index (χ2n) is 2.99.